The van der Waals surface area contributed by atoms with Gasteiger partial charge in [0.15, 0.2) is 0 Å². The number of carbonyl (C=O) groups excluding carboxylic acids is 1. The number of rotatable bonds is 4. The molecular formula is C19H20Cl2N2O3S. The van der Waals surface area contributed by atoms with Crippen LogP contribution in [-0.4, -0.2) is 31.7 Å². The molecule has 0 spiro atoms. The molecular weight excluding hydrogens is 407 g/mol. The minimum absolute atomic E-state index is 0.134. The Morgan fingerprint density at radius 3 is 2.37 bits per heavy atom. The van der Waals surface area contributed by atoms with E-state index in [2.05, 4.69) is 5.32 Å². The molecule has 0 aromatic heterocycles. The van der Waals surface area contributed by atoms with E-state index in [1.807, 2.05) is 0 Å². The van der Waals surface area contributed by atoms with E-state index in [0.29, 0.717) is 39.9 Å². The Bertz CT molecular complexity index is 971. The summed E-state index contributed by atoms with van der Waals surface area (Å²) in [5.74, 6) is -0.401. The predicted octanol–water partition coefficient (Wildman–Crippen LogP) is 4.73. The number of aryl methyl sites for hydroxylation is 1. The average Bonchev–Trinajstić information content (AvgIpc) is 2.65. The molecule has 0 aliphatic carbocycles. The summed E-state index contributed by atoms with van der Waals surface area (Å²) in [6.45, 7) is 2.79. The van der Waals surface area contributed by atoms with Crippen molar-refractivity contribution in [1.82, 2.24) is 4.31 Å². The first-order chi connectivity index (χ1) is 12.8. The van der Waals surface area contributed by atoms with Crippen LogP contribution in [0.1, 0.15) is 35.2 Å². The van der Waals surface area contributed by atoms with Crippen molar-refractivity contribution in [2.45, 2.75) is 31.1 Å². The number of anilines is 1. The fourth-order valence-electron chi connectivity index (χ4n) is 3.03. The van der Waals surface area contributed by atoms with E-state index in [9.17, 15) is 13.2 Å². The first-order valence-electron chi connectivity index (χ1n) is 8.66. The Kier molecular flexibility index (Phi) is 6.11. The van der Waals surface area contributed by atoms with Gasteiger partial charge in [0.1, 0.15) is 0 Å². The standard InChI is InChI=1S/C19H20Cl2N2O3S/c1-13-5-7-15(27(25,26)23-9-3-2-4-10-23)12-16(13)19(24)22-14-6-8-17(20)18(21)11-14/h5-8,11-12H,2-4,9-10H2,1H3,(H,22,24). The molecule has 1 amide bonds. The molecule has 0 unspecified atom stereocenters. The summed E-state index contributed by atoms with van der Waals surface area (Å²) in [7, 11) is -3.61. The van der Waals surface area contributed by atoms with Crippen molar-refractivity contribution in [3.05, 3.63) is 57.6 Å². The highest BCUT2D eigenvalue weighted by Crippen LogP contribution is 2.26. The third-order valence-electron chi connectivity index (χ3n) is 4.58. The Balaban J connectivity index is 1.88. The SMILES string of the molecule is Cc1ccc(S(=O)(=O)N2CCCCC2)cc1C(=O)Nc1ccc(Cl)c(Cl)c1. The largest absolute Gasteiger partial charge is 0.322 e. The number of hydrogen-bond donors (Lipinski definition) is 1. The summed E-state index contributed by atoms with van der Waals surface area (Å²) in [4.78, 5) is 12.8. The minimum atomic E-state index is -3.61. The van der Waals surface area contributed by atoms with Crippen LogP contribution in [0, 0.1) is 6.92 Å². The molecule has 1 fully saturated rings. The van der Waals surface area contributed by atoms with Gasteiger partial charge in [-0.05, 0) is 55.7 Å². The highest BCUT2D eigenvalue weighted by atomic mass is 35.5. The Morgan fingerprint density at radius 2 is 1.70 bits per heavy atom. The van der Waals surface area contributed by atoms with Crippen LogP contribution in [0.15, 0.2) is 41.3 Å². The third-order valence-corrected chi connectivity index (χ3v) is 7.22. The van der Waals surface area contributed by atoms with Gasteiger partial charge in [0.05, 0.1) is 14.9 Å². The van der Waals surface area contributed by atoms with Gasteiger partial charge < -0.3 is 5.32 Å². The van der Waals surface area contributed by atoms with Crippen LogP contribution in [0.4, 0.5) is 5.69 Å². The van der Waals surface area contributed by atoms with Gasteiger partial charge >= 0.3 is 0 Å². The fraction of sp³-hybridized carbons (Fsp3) is 0.316. The second-order valence-electron chi connectivity index (χ2n) is 6.52. The normalized spacial score (nSPS) is 15.5. The molecule has 2 aromatic rings. The quantitative estimate of drug-likeness (QED) is 0.767. The number of benzene rings is 2. The van der Waals surface area contributed by atoms with Crippen LogP contribution < -0.4 is 5.32 Å². The second kappa shape index (κ2) is 8.19. The maximum Gasteiger partial charge on any atom is 0.255 e. The number of amides is 1. The van der Waals surface area contributed by atoms with Crippen LogP contribution in [0.3, 0.4) is 0 Å². The Morgan fingerprint density at radius 1 is 1.00 bits per heavy atom. The van der Waals surface area contributed by atoms with Gasteiger partial charge in [-0.15, -0.1) is 0 Å². The van der Waals surface area contributed by atoms with Gasteiger partial charge in [-0.25, -0.2) is 8.42 Å². The molecule has 1 N–H and O–H groups in total. The van der Waals surface area contributed by atoms with Gasteiger partial charge in [0, 0.05) is 24.3 Å². The molecule has 0 bridgehead atoms. The zero-order valence-electron chi connectivity index (χ0n) is 14.8. The van der Waals surface area contributed by atoms with Crippen molar-refractivity contribution in [2.75, 3.05) is 18.4 Å². The molecule has 144 valence electrons. The number of nitrogens with one attached hydrogen (secondary N) is 1. The lowest BCUT2D eigenvalue weighted by Gasteiger charge is -2.26. The van der Waals surface area contributed by atoms with Crippen LogP contribution in [0.25, 0.3) is 0 Å². The third kappa shape index (κ3) is 4.46. The summed E-state index contributed by atoms with van der Waals surface area (Å²) < 4.78 is 27.2. The molecule has 2 aromatic carbocycles. The van der Waals surface area contributed by atoms with E-state index in [4.69, 9.17) is 23.2 Å². The van der Waals surface area contributed by atoms with Gasteiger partial charge in [-0.1, -0.05) is 35.7 Å². The summed E-state index contributed by atoms with van der Waals surface area (Å²) in [5, 5.41) is 3.45. The highest BCUT2D eigenvalue weighted by molar-refractivity contribution is 7.89. The maximum atomic E-state index is 12.9. The molecule has 1 aliphatic rings. The topological polar surface area (TPSA) is 66.5 Å². The van der Waals surface area contributed by atoms with Crippen molar-refractivity contribution in [1.29, 1.82) is 0 Å². The van der Waals surface area contributed by atoms with E-state index < -0.39 is 15.9 Å². The number of hydrogen-bond acceptors (Lipinski definition) is 3. The smallest absolute Gasteiger partial charge is 0.255 e. The Labute approximate surface area is 169 Å². The number of halogens is 2. The molecule has 27 heavy (non-hydrogen) atoms. The zero-order chi connectivity index (χ0) is 19.6. The lowest BCUT2D eigenvalue weighted by molar-refractivity contribution is 0.102. The molecule has 8 heteroatoms. The van der Waals surface area contributed by atoms with E-state index in [1.54, 1.807) is 37.3 Å². The van der Waals surface area contributed by atoms with E-state index >= 15 is 0 Å². The number of carbonyl (C=O) groups is 1. The van der Waals surface area contributed by atoms with Crippen molar-refractivity contribution in [3.63, 3.8) is 0 Å². The maximum absolute atomic E-state index is 12.9. The lowest BCUT2D eigenvalue weighted by Crippen LogP contribution is -2.35. The molecule has 0 atom stereocenters. The first-order valence-corrected chi connectivity index (χ1v) is 10.9. The summed E-state index contributed by atoms with van der Waals surface area (Å²) in [5.41, 5.74) is 1.47. The Hall–Kier alpha value is -1.60. The molecule has 1 heterocycles. The number of piperidine rings is 1. The predicted molar refractivity (Wildman–Crippen MR) is 108 cm³/mol. The fourth-order valence-corrected chi connectivity index (χ4v) is 4.87. The average molecular weight is 427 g/mol. The van der Waals surface area contributed by atoms with E-state index in [-0.39, 0.29) is 4.90 Å². The summed E-state index contributed by atoms with van der Waals surface area (Å²) >= 11 is 11.9. The van der Waals surface area contributed by atoms with Crippen LogP contribution in [0.2, 0.25) is 10.0 Å². The van der Waals surface area contributed by atoms with Crippen molar-refractivity contribution < 1.29 is 13.2 Å². The first kappa shape index (κ1) is 20.1. The second-order valence-corrected chi connectivity index (χ2v) is 9.28. The molecule has 1 saturated heterocycles. The summed E-state index contributed by atoms with van der Waals surface area (Å²) in [6.07, 6.45) is 2.75. The number of sulfonamides is 1. The molecule has 0 saturated carbocycles. The van der Waals surface area contributed by atoms with Crippen LogP contribution in [0.5, 0.6) is 0 Å². The minimum Gasteiger partial charge on any atom is -0.322 e. The number of nitrogens with zero attached hydrogens (tertiary/aromatic N) is 1. The van der Waals surface area contributed by atoms with Gasteiger partial charge in [0.2, 0.25) is 10.0 Å². The van der Waals surface area contributed by atoms with E-state index in [1.165, 1.54) is 10.4 Å². The molecule has 3 rings (SSSR count). The van der Waals surface area contributed by atoms with Crippen LogP contribution >= 0.6 is 23.2 Å². The van der Waals surface area contributed by atoms with Gasteiger partial charge in [-0.3, -0.25) is 4.79 Å². The van der Waals surface area contributed by atoms with Crippen molar-refractivity contribution >= 4 is 44.8 Å². The van der Waals surface area contributed by atoms with Gasteiger partial charge in [0.25, 0.3) is 5.91 Å². The van der Waals surface area contributed by atoms with Crippen molar-refractivity contribution in [3.8, 4) is 0 Å². The molecule has 0 radical (unpaired) electrons. The monoisotopic (exact) mass is 426 g/mol. The van der Waals surface area contributed by atoms with Crippen molar-refractivity contribution in [2.24, 2.45) is 0 Å². The van der Waals surface area contributed by atoms with E-state index in [0.717, 1.165) is 19.3 Å². The molecule has 1 aliphatic heterocycles. The molecule has 5 nitrogen and oxygen atoms in total. The van der Waals surface area contributed by atoms with Gasteiger partial charge in [-0.2, -0.15) is 4.31 Å². The highest BCUT2D eigenvalue weighted by Gasteiger charge is 2.27. The zero-order valence-corrected chi connectivity index (χ0v) is 17.2. The van der Waals surface area contributed by atoms with Crippen LogP contribution in [-0.2, 0) is 10.0 Å². The lowest BCUT2D eigenvalue weighted by atomic mass is 10.1. The summed E-state index contributed by atoms with van der Waals surface area (Å²) in [6, 6.07) is 9.41.